The van der Waals surface area contributed by atoms with E-state index < -0.39 is 0 Å². The first-order valence-electron chi connectivity index (χ1n) is 7.67. The molecule has 0 atom stereocenters. The number of aromatic nitrogens is 1. The summed E-state index contributed by atoms with van der Waals surface area (Å²) >= 11 is 0. The van der Waals surface area contributed by atoms with Gasteiger partial charge in [0.15, 0.2) is 0 Å². The van der Waals surface area contributed by atoms with Gasteiger partial charge in [-0.15, -0.1) is 0 Å². The van der Waals surface area contributed by atoms with Crippen molar-refractivity contribution in [2.45, 2.75) is 38.6 Å². The smallest absolute Gasteiger partial charge is 0.267 e. The summed E-state index contributed by atoms with van der Waals surface area (Å²) in [5, 5.41) is 13.3. The van der Waals surface area contributed by atoms with E-state index in [9.17, 15) is 4.79 Å². The summed E-state index contributed by atoms with van der Waals surface area (Å²) in [5.41, 5.74) is 2.81. The molecule has 1 heterocycles. The number of hydrogen-bond acceptors (Lipinski definition) is 2. The largest absolute Gasteiger partial charge is 0.396 e. The van der Waals surface area contributed by atoms with Crippen LogP contribution in [-0.2, 0) is 0 Å². The molecule has 1 aromatic heterocycles. The maximum absolute atomic E-state index is 12.4. The molecule has 1 aliphatic rings. The Balaban J connectivity index is 1.68. The van der Waals surface area contributed by atoms with Crippen molar-refractivity contribution in [3.8, 4) is 0 Å². The fraction of sp³-hybridized carbons (Fsp3) is 0.471. The number of amides is 1. The average molecular weight is 286 g/mol. The first-order chi connectivity index (χ1) is 10.2. The number of hydrogen-bond donors (Lipinski definition) is 3. The van der Waals surface area contributed by atoms with E-state index in [2.05, 4.69) is 10.3 Å². The molecule has 2 aromatic rings. The van der Waals surface area contributed by atoms with Crippen LogP contribution in [0.2, 0.25) is 0 Å². The van der Waals surface area contributed by atoms with Gasteiger partial charge in [-0.25, -0.2) is 0 Å². The summed E-state index contributed by atoms with van der Waals surface area (Å²) in [7, 11) is 0. The van der Waals surface area contributed by atoms with Gasteiger partial charge < -0.3 is 15.4 Å². The lowest BCUT2D eigenvalue weighted by Crippen LogP contribution is -2.38. The topological polar surface area (TPSA) is 65.1 Å². The second-order valence-corrected chi connectivity index (χ2v) is 6.10. The van der Waals surface area contributed by atoms with E-state index in [1.807, 2.05) is 31.2 Å². The van der Waals surface area contributed by atoms with E-state index in [4.69, 9.17) is 5.11 Å². The minimum atomic E-state index is -0.0296. The van der Waals surface area contributed by atoms with Crippen LogP contribution in [0, 0.1) is 12.8 Å². The second kappa shape index (κ2) is 5.90. The number of aryl methyl sites for hydroxylation is 1. The molecule has 0 spiro atoms. The van der Waals surface area contributed by atoms with Gasteiger partial charge in [0.2, 0.25) is 0 Å². The van der Waals surface area contributed by atoms with Crippen LogP contribution in [0.1, 0.15) is 41.7 Å². The number of aliphatic hydroxyl groups is 1. The molecular weight excluding hydrogens is 264 g/mol. The van der Waals surface area contributed by atoms with Gasteiger partial charge in [0.05, 0.1) is 0 Å². The number of carbonyl (C=O) groups excluding carboxylic acids is 1. The highest BCUT2D eigenvalue weighted by molar-refractivity contribution is 5.98. The second-order valence-electron chi connectivity index (χ2n) is 6.10. The van der Waals surface area contributed by atoms with Crippen LogP contribution in [0.3, 0.4) is 0 Å². The van der Waals surface area contributed by atoms with E-state index in [0.717, 1.165) is 42.1 Å². The molecule has 1 saturated carbocycles. The van der Waals surface area contributed by atoms with E-state index in [0.29, 0.717) is 11.6 Å². The number of para-hydroxylation sites is 1. The highest BCUT2D eigenvalue weighted by atomic mass is 16.3. The Morgan fingerprint density at radius 2 is 2.10 bits per heavy atom. The Bertz CT molecular complexity index is 639. The zero-order valence-electron chi connectivity index (χ0n) is 12.4. The number of benzene rings is 1. The van der Waals surface area contributed by atoms with Gasteiger partial charge in [-0.05, 0) is 50.2 Å². The SMILES string of the molecule is Cc1cccc2cc(C(=O)N[C@H]3CC[C@@H](CO)CC3)[nH]c12. The van der Waals surface area contributed by atoms with Crippen LogP contribution < -0.4 is 5.32 Å². The summed E-state index contributed by atoms with van der Waals surface area (Å²) in [6, 6.07) is 8.20. The minimum Gasteiger partial charge on any atom is -0.396 e. The molecule has 4 nitrogen and oxygen atoms in total. The molecule has 1 aliphatic carbocycles. The summed E-state index contributed by atoms with van der Waals surface area (Å²) < 4.78 is 0. The highest BCUT2D eigenvalue weighted by Gasteiger charge is 2.22. The van der Waals surface area contributed by atoms with E-state index in [1.54, 1.807) is 0 Å². The van der Waals surface area contributed by atoms with Crippen LogP contribution in [0.15, 0.2) is 24.3 Å². The third-order valence-corrected chi connectivity index (χ3v) is 4.55. The lowest BCUT2D eigenvalue weighted by atomic mass is 9.86. The lowest BCUT2D eigenvalue weighted by Gasteiger charge is -2.27. The number of aliphatic hydroxyl groups excluding tert-OH is 1. The van der Waals surface area contributed by atoms with Crippen LogP contribution in [0.25, 0.3) is 10.9 Å². The number of rotatable bonds is 3. The van der Waals surface area contributed by atoms with Crippen molar-refractivity contribution in [3.63, 3.8) is 0 Å². The highest BCUT2D eigenvalue weighted by Crippen LogP contribution is 2.24. The van der Waals surface area contributed by atoms with Crippen molar-refractivity contribution in [1.29, 1.82) is 0 Å². The molecular formula is C17H22N2O2. The van der Waals surface area contributed by atoms with Crippen molar-refractivity contribution in [3.05, 3.63) is 35.5 Å². The minimum absolute atomic E-state index is 0.0296. The number of H-pyrrole nitrogens is 1. The summed E-state index contributed by atoms with van der Waals surface area (Å²) in [5.74, 6) is 0.381. The maximum Gasteiger partial charge on any atom is 0.267 e. The zero-order valence-corrected chi connectivity index (χ0v) is 12.4. The molecule has 1 amide bonds. The zero-order chi connectivity index (χ0) is 14.8. The molecule has 112 valence electrons. The van der Waals surface area contributed by atoms with Crippen molar-refractivity contribution in [2.24, 2.45) is 5.92 Å². The Morgan fingerprint density at radius 1 is 1.33 bits per heavy atom. The summed E-state index contributed by atoms with van der Waals surface area (Å²) in [6.45, 7) is 2.30. The number of fused-ring (bicyclic) bond motifs is 1. The summed E-state index contributed by atoms with van der Waals surface area (Å²) in [4.78, 5) is 15.6. The summed E-state index contributed by atoms with van der Waals surface area (Å²) in [6.07, 6.45) is 3.90. The molecule has 0 unspecified atom stereocenters. The number of aromatic amines is 1. The van der Waals surface area contributed by atoms with E-state index in [-0.39, 0.29) is 18.6 Å². The predicted octanol–water partition coefficient (Wildman–Crippen LogP) is 2.76. The Kier molecular flexibility index (Phi) is 3.97. The predicted molar refractivity (Wildman–Crippen MR) is 83.3 cm³/mol. The number of nitrogens with one attached hydrogen (secondary N) is 2. The van der Waals surface area contributed by atoms with Crippen molar-refractivity contribution in [2.75, 3.05) is 6.61 Å². The van der Waals surface area contributed by atoms with Crippen molar-refractivity contribution in [1.82, 2.24) is 10.3 Å². The molecule has 1 fully saturated rings. The normalized spacial score (nSPS) is 22.4. The van der Waals surface area contributed by atoms with Crippen molar-refractivity contribution < 1.29 is 9.90 Å². The monoisotopic (exact) mass is 286 g/mol. The van der Waals surface area contributed by atoms with Gasteiger partial charge in [0.25, 0.3) is 5.91 Å². The third-order valence-electron chi connectivity index (χ3n) is 4.55. The molecule has 0 bridgehead atoms. The molecule has 0 aliphatic heterocycles. The molecule has 4 heteroatoms. The van der Waals surface area contributed by atoms with Gasteiger partial charge >= 0.3 is 0 Å². The third kappa shape index (κ3) is 2.95. The lowest BCUT2D eigenvalue weighted by molar-refractivity contribution is 0.0910. The van der Waals surface area contributed by atoms with Gasteiger partial charge in [0.1, 0.15) is 5.69 Å². The van der Waals surface area contributed by atoms with Gasteiger partial charge in [-0.1, -0.05) is 18.2 Å². The Labute approximate surface area is 124 Å². The fourth-order valence-corrected chi connectivity index (χ4v) is 3.18. The Morgan fingerprint density at radius 3 is 2.76 bits per heavy atom. The molecule has 1 aromatic carbocycles. The first-order valence-corrected chi connectivity index (χ1v) is 7.67. The molecule has 3 rings (SSSR count). The van der Waals surface area contributed by atoms with Crippen LogP contribution >= 0.6 is 0 Å². The van der Waals surface area contributed by atoms with Crippen LogP contribution in [-0.4, -0.2) is 28.6 Å². The molecule has 21 heavy (non-hydrogen) atoms. The first kappa shape index (κ1) is 14.1. The maximum atomic E-state index is 12.4. The Hall–Kier alpha value is -1.81. The quantitative estimate of drug-likeness (QED) is 0.812. The fourth-order valence-electron chi connectivity index (χ4n) is 3.18. The van der Waals surface area contributed by atoms with Crippen LogP contribution in [0.4, 0.5) is 0 Å². The standard InChI is InChI=1S/C17H22N2O2/c1-11-3-2-4-13-9-15(19-16(11)13)17(21)18-14-7-5-12(10-20)6-8-14/h2-4,9,12,14,19-20H,5-8,10H2,1H3,(H,18,21)/t12-,14+. The van der Waals surface area contributed by atoms with Crippen LogP contribution in [0.5, 0.6) is 0 Å². The molecule has 0 radical (unpaired) electrons. The van der Waals surface area contributed by atoms with Crippen molar-refractivity contribution >= 4 is 16.8 Å². The van der Waals surface area contributed by atoms with Gasteiger partial charge in [-0.3, -0.25) is 4.79 Å². The van der Waals surface area contributed by atoms with Gasteiger partial charge in [0, 0.05) is 23.6 Å². The van der Waals surface area contributed by atoms with E-state index in [1.165, 1.54) is 0 Å². The average Bonchev–Trinajstić information content (AvgIpc) is 2.94. The number of carbonyl (C=O) groups is 1. The molecule has 0 saturated heterocycles. The van der Waals surface area contributed by atoms with Gasteiger partial charge in [-0.2, -0.15) is 0 Å². The molecule has 3 N–H and O–H groups in total. The van der Waals surface area contributed by atoms with E-state index >= 15 is 0 Å².